The number of halogens is 2. The minimum atomic E-state index is -0.348. The standard InChI is InChI=1S/C12H10Br2N2O3S/c1-2-19-8-4-6(13)9(14)5(10(8)17)3-7-11(18)16-12(20)15-7/h3-4,17H,2H2,1H3,(H2,15,16,18,20)/b7-3-. The number of thiocarbonyl (C=S) groups is 1. The van der Waals surface area contributed by atoms with Crippen LogP contribution in [0.1, 0.15) is 12.5 Å². The van der Waals surface area contributed by atoms with Gasteiger partial charge >= 0.3 is 0 Å². The molecule has 5 nitrogen and oxygen atoms in total. The van der Waals surface area contributed by atoms with Gasteiger partial charge in [-0.1, -0.05) is 0 Å². The molecule has 1 aromatic rings. The highest BCUT2D eigenvalue weighted by Crippen LogP contribution is 2.41. The maximum absolute atomic E-state index is 11.6. The molecule has 0 aliphatic carbocycles. The first-order chi connectivity index (χ1) is 9.43. The van der Waals surface area contributed by atoms with Crippen molar-refractivity contribution < 1.29 is 14.6 Å². The Kier molecular flexibility index (Phi) is 4.66. The number of rotatable bonds is 3. The molecule has 3 N–H and O–H groups in total. The molecule has 1 saturated heterocycles. The van der Waals surface area contributed by atoms with Crippen molar-refractivity contribution in [2.24, 2.45) is 0 Å². The third-order valence-electron chi connectivity index (χ3n) is 2.50. The van der Waals surface area contributed by atoms with Crippen LogP contribution in [0.2, 0.25) is 0 Å². The number of ether oxygens (including phenoxy) is 1. The van der Waals surface area contributed by atoms with Crippen LogP contribution < -0.4 is 15.4 Å². The Morgan fingerprint density at radius 2 is 2.15 bits per heavy atom. The van der Waals surface area contributed by atoms with Crippen molar-refractivity contribution in [1.29, 1.82) is 0 Å². The number of benzene rings is 1. The predicted molar refractivity (Wildman–Crippen MR) is 86.5 cm³/mol. The molecule has 0 radical (unpaired) electrons. The van der Waals surface area contributed by atoms with Gasteiger partial charge in [0.15, 0.2) is 16.6 Å². The summed E-state index contributed by atoms with van der Waals surface area (Å²) >= 11 is 11.6. The zero-order chi connectivity index (χ0) is 14.9. The number of amides is 1. The molecule has 20 heavy (non-hydrogen) atoms. The summed E-state index contributed by atoms with van der Waals surface area (Å²) in [5.41, 5.74) is 0.678. The lowest BCUT2D eigenvalue weighted by Gasteiger charge is -2.12. The molecule has 8 heteroatoms. The first-order valence-electron chi connectivity index (χ1n) is 5.61. The Bertz CT molecular complexity index is 632. The summed E-state index contributed by atoms with van der Waals surface area (Å²) in [5, 5.41) is 15.6. The Morgan fingerprint density at radius 3 is 2.70 bits per heavy atom. The number of phenols is 1. The molecule has 1 amide bonds. The number of aromatic hydroxyl groups is 1. The van der Waals surface area contributed by atoms with Crippen LogP contribution in [0.4, 0.5) is 0 Å². The van der Waals surface area contributed by atoms with Gasteiger partial charge in [-0.3, -0.25) is 10.1 Å². The molecule has 1 aliphatic heterocycles. The molecule has 2 rings (SSSR count). The molecule has 0 atom stereocenters. The van der Waals surface area contributed by atoms with Gasteiger partial charge in [0.25, 0.3) is 5.91 Å². The predicted octanol–water partition coefficient (Wildman–Crippen LogP) is 2.66. The second kappa shape index (κ2) is 6.11. The minimum absolute atomic E-state index is 0.0538. The second-order valence-corrected chi connectivity index (χ2v) is 5.89. The average Bonchev–Trinajstić information content (AvgIpc) is 2.70. The summed E-state index contributed by atoms with van der Waals surface area (Å²) in [5.74, 6) is -0.0727. The number of phenolic OH excluding ortho intramolecular Hbond substituents is 1. The molecule has 0 unspecified atom stereocenters. The Labute approximate surface area is 137 Å². The first-order valence-corrected chi connectivity index (χ1v) is 7.61. The highest BCUT2D eigenvalue weighted by molar-refractivity contribution is 9.13. The van der Waals surface area contributed by atoms with Crippen molar-refractivity contribution in [3.63, 3.8) is 0 Å². The molecular weight excluding hydrogens is 412 g/mol. The number of carbonyl (C=O) groups is 1. The average molecular weight is 422 g/mol. The summed E-state index contributed by atoms with van der Waals surface area (Å²) in [6.45, 7) is 2.23. The van der Waals surface area contributed by atoms with Crippen LogP contribution in [0.5, 0.6) is 11.5 Å². The van der Waals surface area contributed by atoms with E-state index in [4.69, 9.17) is 17.0 Å². The van der Waals surface area contributed by atoms with Crippen molar-refractivity contribution in [3.05, 3.63) is 26.3 Å². The summed E-state index contributed by atoms with van der Waals surface area (Å²) in [7, 11) is 0. The van der Waals surface area contributed by atoms with Crippen molar-refractivity contribution in [2.45, 2.75) is 6.92 Å². The Hall–Kier alpha value is -1.12. The molecule has 1 aromatic carbocycles. The van der Waals surface area contributed by atoms with Gasteiger partial charge in [-0.05, 0) is 63.1 Å². The van der Waals surface area contributed by atoms with Crippen LogP contribution in [-0.2, 0) is 4.79 Å². The molecule has 0 spiro atoms. The lowest BCUT2D eigenvalue weighted by atomic mass is 10.1. The van der Waals surface area contributed by atoms with Gasteiger partial charge in [-0.25, -0.2) is 0 Å². The molecule has 106 valence electrons. The SMILES string of the molecule is CCOc1cc(Br)c(Br)c(/C=C2\NC(=S)NC2=O)c1O. The van der Waals surface area contributed by atoms with Crippen molar-refractivity contribution in [3.8, 4) is 11.5 Å². The summed E-state index contributed by atoms with van der Waals surface area (Å²) < 4.78 is 6.66. The van der Waals surface area contributed by atoms with E-state index in [1.165, 1.54) is 6.08 Å². The van der Waals surface area contributed by atoms with Gasteiger partial charge in [-0.15, -0.1) is 0 Å². The molecular formula is C12H10Br2N2O3S. The van der Waals surface area contributed by atoms with Crippen LogP contribution in [0.3, 0.4) is 0 Å². The maximum atomic E-state index is 11.6. The second-order valence-electron chi connectivity index (χ2n) is 3.83. The Balaban J connectivity index is 2.53. The molecule has 1 fully saturated rings. The Morgan fingerprint density at radius 1 is 1.45 bits per heavy atom. The smallest absolute Gasteiger partial charge is 0.273 e. The third kappa shape index (κ3) is 2.97. The van der Waals surface area contributed by atoms with Gasteiger partial charge in [0.05, 0.1) is 6.61 Å². The van der Waals surface area contributed by atoms with Crippen LogP contribution in [0, 0.1) is 0 Å². The lowest BCUT2D eigenvalue weighted by molar-refractivity contribution is -0.115. The van der Waals surface area contributed by atoms with Gasteiger partial charge < -0.3 is 15.2 Å². The number of hydrogen-bond acceptors (Lipinski definition) is 4. The highest BCUT2D eigenvalue weighted by atomic mass is 79.9. The zero-order valence-corrected chi connectivity index (χ0v) is 14.3. The van der Waals surface area contributed by atoms with E-state index < -0.39 is 0 Å². The normalized spacial score (nSPS) is 16.2. The van der Waals surface area contributed by atoms with E-state index >= 15 is 0 Å². The van der Waals surface area contributed by atoms with Gasteiger partial charge in [0, 0.05) is 14.5 Å². The van der Waals surface area contributed by atoms with E-state index in [1.807, 2.05) is 6.92 Å². The fourth-order valence-corrected chi connectivity index (χ4v) is 2.68. The van der Waals surface area contributed by atoms with Crippen LogP contribution in [0.25, 0.3) is 6.08 Å². The minimum Gasteiger partial charge on any atom is -0.504 e. The van der Waals surface area contributed by atoms with Gasteiger partial charge in [0.1, 0.15) is 5.70 Å². The topological polar surface area (TPSA) is 70.6 Å². The van der Waals surface area contributed by atoms with E-state index in [0.29, 0.717) is 26.9 Å². The summed E-state index contributed by atoms with van der Waals surface area (Å²) in [6.07, 6.45) is 1.50. The van der Waals surface area contributed by atoms with E-state index in [0.717, 1.165) is 0 Å². The highest BCUT2D eigenvalue weighted by Gasteiger charge is 2.22. The van der Waals surface area contributed by atoms with E-state index in [2.05, 4.69) is 42.5 Å². The number of carbonyl (C=O) groups excluding carboxylic acids is 1. The van der Waals surface area contributed by atoms with E-state index in [9.17, 15) is 9.90 Å². The van der Waals surface area contributed by atoms with Gasteiger partial charge in [-0.2, -0.15) is 0 Å². The monoisotopic (exact) mass is 420 g/mol. The van der Waals surface area contributed by atoms with Crippen LogP contribution >= 0.6 is 44.1 Å². The van der Waals surface area contributed by atoms with Crippen molar-refractivity contribution in [2.75, 3.05) is 6.61 Å². The summed E-state index contributed by atoms with van der Waals surface area (Å²) in [6, 6.07) is 1.65. The zero-order valence-electron chi connectivity index (χ0n) is 10.3. The molecule has 0 aromatic heterocycles. The van der Waals surface area contributed by atoms with Crippen LogP contribution in [0.15, 0.2) is 20.7 Å². The number of hydrogen-bond donors (Lipinski definition) is 3. The lowest BCUT2D eigenvalue weighted by Crippen LogP contribution is -2.21. The van der Waals surface area contributed by atoms with Crippen molar-refractivity contribution >= 4 is 61.2 Å². The molecule has 0 bridgehead atoms. The fraction of sp³-hybridized carbons (Fsp3) is 0.167. The van der Waals surface area contributed by atoms with E-state index in [1.54, 1.807) is 6.07 Å². The summed E-state index contributed by atoms with van der Waals surface area (Å²) in [4.78, 5) is 11.6. The van der Waals surface area contributed by atoms with Crippen LogP contribution in [-0.4, -0.2) is 22.7 Å². The van der Waals surface area contributed by atoms with Crippen molar-refractivity contribution in [1.82, 2.24) is 10.6 Å². The molecule has 0 saturated carbocycles. The molecule has 1 aliphatic rings. The maximum Gasteiger partial charge on any atom is 0.273 e. The third-order valence-corrected chi connectivity index (χ3v) is 4.72. The first kappa shape index (κ1) is 15.3. The van der Waals surface area contributed by atoms with Gasteiger partial charge in [0.2, 0.25) is 0 Å². The number of nitrogens with one attached hydrogen (secondary N) is 2. The molecule has 1 heterocycles. The quantitative estimate of drug-likeness (QED) is 0.517. The largest absolute Gasteiger partial charge is 0.504 e. The van der Waals surface area contributed by atoms with E-state index in [-0.39, 0.29) is 22.5 Å². The fourth-order valence-electron chi connectivity index (χ4n) is 1.64.